The summed E-state index contributed by atoms with van der Waals surface area (Å²) in [5.74, 6) is 1.91. The molecule has 0 saturated heterocycles. The lowest BCUT2D eigenvalue weighted by Gasteiger charge is -2.51. The van der Waals surface area contributed by atoms with Crippen LogP contribution in [0.1, 0.15) is 59.8 Å². The molecule has 2 saturated carbocycles. The minimum atomic E-state index is 0.226. The Bertz CT molecular complexity index is 340. The van der Waals surface area contributed by atoms with Crippen LogP contribution in [0.4, 0.5) is 0 Å². The molecule has 0 heterocycles. The topological polar surface area (TPSA) is 37.3 Å². The van der Waals surface area contributed by atoms with Crippen molar-refractivity contribution in [2.75, 3.05) is 12.4 Å². The maximum atomic E-state index is 12.4. The first-order chi connectivity index (χ1) is 9.99. The van der Waals surface area contributed by atoms with Crippen LogP contribution in [0.5, 0.6) is 0 Å². The van der Waals surface area contributed by atoms with Crippen LogP contribution in [0.2, 0.25) is 0 Å². The van der Waals surface area contributed by atoms with E-state index in [1.54, 1.807) is 0 Å². The molecule has 0 bridgehead atoms. The number of fused-ring (bicyclic) bond motifs is 1. The highest BCUT2D eigenvalue weighted by Crippen LogP contribution is 2.54. The van der Waals surface area contributed by atoms with Crippen molar-refractivity contribution in [1.29, 1.82) is 0 Å². The molecule has 2 aliphatic rings. The van der Waals surface area contributed by atoms with Gasteiger partial charge in [-0.15, -0.1) is 0 Å². The van der Waals surface area contributed by atoms with E-state index in [4.69, 9.17) is 5.11 Å². The van der Waals surface area contributed by atoms with Crippen molar-refractivity contribution >= 4 is 21.7 Å². The van der Waals surface area contributed by atoms with E-state index < -0.39 is 0 Å². The molecule has 0 amide bonds. The summed E-state index contributed by atoms with van der Waals surface area (Å²) < 4.78 is 0. The van der Waals surface area contributed by atoms with E-state index in [1.807, 2.05) is 13.8 Å². The Morgan fingerprint density at radius 2 is 1.95 bits per heavy atom. The van der Waals surface area contributed by atoms with Crippen LogP contribution in [0.15, 0.2) is 12.2 Å². The van der Waals surface area contributed by atoms with Gasteiger partial charge >= 0.3 is 0 Å². The first-order valence-electron chi connectivity index (χ1n) is 8.20. The molecule has 0 spiro atoms. The van der Waals surface area contributed by atoms with Gasteiger partial charge in [0.25, 0.3) is 0 Å². The highest BCUT2D eigenvalue weighted by molar-refractivity contribution is 9.09. The second-order valence-corrected chi connectivity index (χ2v) is 6.81. The normalized spacial score (nSPS) is 34.6. The van der Waals surface area contributed by atoms with E-state index in [9.17, 15) is 4.79 Å². The quantitative estimate of drug-likeness (QED) is 0.555. The Hall–Kier alpha value is -0.150. The predicted octanol–water partition coefficient (Wildman–Crippen LogP) is 4.99. The minimum absolute atomic E-state index is 0.226. The van der Waals surface area contributed by atoms with E-state index >= 15 is 0 Å². The molecule has 2 rings (SSSR count). The number of halogens is 1. The van der Waals surface area contributed by atoms with Crippen LogP contribution in [0.3, 0.4) is 0 Å². The van der Waals surface area contributed by atoms with Crippen LogP contribution in [0, 0.1) is 23.2 Å². The van der Waals surface area contributed by atoms with Gasteiger partial charge in [0.05, 0.1) is 0 Å². The summed E-state index contributed by atoms with van der Waals surface area (Å²) in [6.45, 7) is 12.8. The SMILES string of the molecule is C=C(CBr)C1CC(=O)C2CCCC(C)C2(C)C1.CC.CO. The third kappa shape index (κ3) is 4.66. The zero-order valence-corrected chi connectivity index (χ0v) is 16.0. The molecule has 4 atom stereocenters. The lowest BCUT2D eigenvalue weighted by molar-refractivity contribution is -0.137. The maximum absolute atomic E-state index is 12.4. The summed E-state index contributed by atoms with van der Waals surface area (Å²) in [4.78, 5) is 12.4. The van der Waals surface area contributed by atoms with Crippen molar-refractivity contribution in [3.63, 3.8) is 0 Å². The average molecular weight is 361 g/mol. The fourth-order valence-electron chi connectivity index (χ4n) is 3.89. The fourth-order valence-corrected chi connectivity index (χ4v) is 4.35. The van der Waals surface area contributed by atoms with Crippen molar-refractivity contribution < 1.29 is 9.90 Å². The number of allylic oxidation sites excluding steroid dienone is 1. The van der Waals surface area contributed by atoms with Gasteiger partial charge in [-0.25, -0.2) is 0 Å². The highest BCUT2D eigenvalue weighted by atomic mass is 79.9. The maximum Gasteiger partial charge on any atom is 0.137 e. The molecular formula is C18H33BrO2. The lowest BCUT2D eigenvalue weighted by Crippen LogP contribution is -2.47. The van der Waals surface area contributed by atoms with Crippen molar-refractivity contribution in [3.05, 3.63) is 12.2 Å². The van der Waals surface area contributed by atoms with Gasteiger partial charge in [-0.1, -0.05) is 68.6 Å². The first-order valence-corrected chi connectivity index (χ1v) is 9.32. The van der Waals surface area contributed by atoms with Gasteiger partial charge in [0.15, 0.2) is 0 Å². The summed E-state index contributed by atoms with van der Waals surface area (Å²) in [5.41, 5.74) is 1.43. The van der Waals surface area contributed by atoms with Crippen molar-refractivity contribution in [2.24, 2.45) is 23.2 Å². The van der Waals surface area contributed by atoms with Crippen molar-refractivity contribution in [1.82, 2.24) is 0 Å². The summed E-state index contributed by atoms with van der Waals surface area (Å²) in [6, 6.07) is 0. The summed E-state index contributed by atoms with van der Waals surface area (Å²) >= 11 is 3.48. The van der Waals surface area contributed by atoms with Crippen molar-refractivity contribution in [2.45, 2.75) is 59.8 Å². The third-order valence-electron chi connectivity index (χ3n) is 5.32. The molecule has 0 aromatic carbocycles. The average Bonchev–Trinajstić information content (AvgIpc) is 2.52. The number of hydrogen-bond donors (Lipinski definition) is 1. The Balaban J connectivity index is 0.000000921. The molecule has 4 unspecified atom stereocenters. The summed E-state index contributed by atoms with van der Waals surface area (Å²) in [5, 5.41) is 7.83. The number of Topliss-reactive ketones (excluding diaryl/α,β-unsaturated/α-hetero) is 1. The van der Waals surface area contributed by atoms with Crippen LogP contribution in [-0.4, -0.2) is 23.3 Å². The largest absolute Gasteiger partial charge is 0.400 e. The van der Waals surface area contributed by atoms with Gasteiger partial charge in [0.2, 0.25) is 0 Å². The lowest BCUT2D eigenvalue weighted by atomic mass is 9.53. The Morgan fingerprint density at radius 3 is 2.48 bits per heavy atom. The van der Waals surface area contributed by atoms with Crippen molar-refractivity contribution in [3.8, 4) is 0 Å². The first kappa shape index (κ1) is 20.9. The number of alkyl halides is 1. The standard InChI is InChI=1S/C15H23BrO.C2H6.CH4O/c1-10(9-16)12-7-14(17)13-6-4-5-11(2)15(13,3)8-12;2*1-2/h11-13H,1,4-9H2,2-3H3;1-2H3;2H,1H3. The zero-order chi connectivity index (χ0) is 16.6. The number of aliphatic hydroxyl groups is 1. The molecule has 0 aliphatic heterocycles. The molecule has 2 fully saturated rings. The van der Waals surface area contributed by atoms with Crippen LogP contribution in [0.25, 0.3) is 0 Å². The Morgan fingerprint density at radius 1 is 1.38 bits per heavy atom. The number of aliphatic hydroxyl groups excluding tert-OH is 1. The van der Waals surface area contributed by atoms with Gasteiger partial charge in [0, 0.05) is 24.8 Å². The molecule has 3 heteroatoms. The number of carbonyl (C=O) groups excluding carboxylic acids is 1. The predicted molar refractivity (Wildman–Crippen MR) is 94.8 cm³/mol. The van der Waals surface area contributed by atoms with Crippen LogP contribution in [-0.2, 0) is 4.79 Å². The van der Waals surface area contributed by atoms with E-state index in [0.29, 0.717) is 23.5 Å². The second-order valence-electron chi connectivity index (χ2n) is 6.25. The Labute approximate surface area is 139 Å². The summed E-state index contributed by atoms with van der Waals surface area (Å²) in [6.07, 6.45) is 5.53. The zero-order valence-electron chi connectivity index (χ0n) is 14.4. The second kappa shape index (κ2) is 9.78. The van der Waals surface area contributed by atoms with Crippen LogP contribution >= 0.6 is 15.9 Å². The number of ketones is 1. The summed E-state index contributed by atoms with van der Waals surface area (Å²) in [7, 11) is 1.00. The Kier molecular flexibility index (Phi) is 9.71. The van der Waals surface area contributed by atoms with E-state index in [2.05, 4.69) is 36.4 Å². The minimum Gasteiger partial charge on any atom is -0.400 e. The highest BCUT2D eigenvalue weighted by Gasteiger charge is 2.49. The van der Waals surface area contributed by atoms with E-state index in [0.717, 1.165) is 31.7 Å². The molecular weight excluding hydrogens is 328 g/mol. The molecule has 124 valence electrons. The molecule has 2 nitrogen and oxygen atoms in total. The van der Waals surface area contributed by atoms with E-state index in [-0.39, 0.29) is 5.41 Å². The fraction of sp³-hybridized carbons (Fsp3) is 0.833. The third-order valence-corrected chi connectivity index (χ3v) is 6.04. The molecule has 1 N–H and O–H groups in total. The van der Waals surface area contributed by atoms with Gasteiger partial charge in [0.1, 0.15) is 5.78 Å². The monoisotopic (exact) mass is 360 g/mol. The van der Waals surface area contributed by atoms with Gasteiger partial charge in [-0.05, 0) is 30.1 Å². The smallest absolute Gasteiger partial charge is 0.137 e. The van der Waals surface area contributed by atoms with E-state index in [1.165, 1.54) is 18.4 Å². The number of rotatable bonds is 2. The number of hydrogen-bond acceptors (Lipinski definition) is 2. The number of carbonyl (C=O) groups is 1. The van der Waals surface area contributed by atoms with Gasteiger partial charge < -0.3 is 5.11 Å². The molecule has 21 heavy (non-hydrogen) atoms. The van der Waals surface area contributed by atoms with Gasteiger partial charge in [-0.3, -0.25) is 4.79 Å². The molecule has 2 aliphatic carbocycles. The van der Waals surface area contributed by atoms with Gasteiger partial charge in [-0.2, -0.15) is 0 Å². The molecule has 0 aromatic heterocycles. The van der Waals surface area contributed by atoms with Crippen LogP contribution < -0.4 is 0 Å². The molecule has 0 aromatic rings. The molecule has 0 radical (unpaired) electrons.